The quantitative estimate of drug-likeness (QED) is 0.529. The molecule has 142 valence electrons. The number of alkyl halides is 3. The number of hydrogen-bond acceptors (Lipinski definition) is 3. The number of carbonyl (C=O) groups is 1. The van der Waals surface area contributed by atoms with E-state index < -0.39 is 34.8 Å². The Labute approximate surface area is 163 Å². The molecule has 2 aromatic carbocycles. The molecule has 4 nitrogen and oxygen atoms in total. The first-order chi connectivity index (χ1) is 12.6. The van der Waals surface area contributed by atoms with Crippen LogP contribution in [-0.4, -0.2) is 27.9 Å². The normalized spacial score (nSPS) is 25.4. The fourth-order valence-corrected chi connectivity index (χ4v) is 3.64. The lowest BCUT2D eigenvalue weighted by Crippen LogP contribution is -2.72. The van der Waals surface area contributed by atoms with E-state index in [1.54, 1.807) is 18.2 Å². The van der Waals surface area contributed by atoms with Gasteiger partial charge in [0.25, 0.3) is 0 Å². The van der Waals surface area contributed by atoms with E-state index in [1.165, 1.54) is 36.4 Å². The van der Waals surface area contributed by atoms with Crippen LogP contribution in [0.25, 0.3) is 0 Å². The van der Waals surface area contributed by atoms with E-state index in [0.29, 0.717) is 0 Å². The summed E-state index contributed by atoms with van der Waals surface area (Å²) in [6.45, 7) is 0. The Kier molecular flexibility index (Phi) is 5.16. The predicted molar refractivity (Wildman–Crippen MR) is 98.3 cm³/mol. The lowest BCUT2D eigenvalue weighted by Gasteiger charge is -2.46. The lowest BCUT2D eigenvalue weighted by molar-refractivity contribution is -0.285. The number of nitrogens with one attached hydrogen (secondary N) is 2. The average Bonchev–Trinajstić information content (AvgIpc) is 2.61. The van der Waals surface area contributed by atoms with E-state index in [1.807, 2.05) is 5.32 Å². The minimum atomic E-state index is -5.17. The highest BCUT2D eigenvalue weighted by Crippen LogP contribution is 2.45. The summed E-state index contributed by atoms with van der Waals surface area (Å²) in [7, 11) is 0. The third kappa shape index (κ3) is 3.52. The number of aliphatic hydroxyl groups is 1. The summed E-state index contributed by atoms with van der Waals surface area (Å²) in [6, 6.07) is 12.3. The molecule has 0 aromatic heterocycles. The summed E-state index contributed by atoms with van der Waals surface area (Å²) in [6.07, 6.45) is -5.17. The molecule has 0 spiro atoms. The van der Waals surface area contributed by atoms with E-state index in [9.17, 15) is 23.1 Å². The van der Waals surface area contributed by atoms with E-state index in [-0.39, 0.29) is 16.1 Å². The summed E-state index contributed by atoms with van der Waals surface area (Å²) >= 11 is 11.0. The Morgan fingerprint density at radius 2 is 1.70 bits per heavy atom. The van der Waals surface area contributed by atoms with E-state index in [2.05, 4.69) is 5.32 Å². The number of thiocarbonyl (C=S) groups is 1. The smallest absolute Gasteiger partial charge is 0.363 e. The van der Waals surface area contributed by atoms with Crippen LogP contribution in [0.4, 0.5) is 13.2 Å². The number of benzene rings is 2. The van der Waals surface area contributed by atoms with Gasteiger partial charge in [-0.25, -0.2) is 0 Å². The van der Waals surface area contributed by atoms with E-state index >= 15 is 0 Å². The van der Waals surface area contributed by atoms with Gasteiger partial charge in [-0.3, -0.25) is 4.79 Å². The molecule has 2 aromatic rings. The number of hydrogen-bond donors (Lipinski definition) is 3. The van der Waals surface area contributed by atoms with Crippen molar-refractivity contribution in [2.24, 2.45) is 5.92 Å². The molecule has 3 atom stereocenters. The maximum atomic E-state index is 13.8. The van der Waals surface area contributed by atoms with Gasteiger partial charge in [-0.2, -0.15) is 13.2 Å². The predicted octanol–water partition coefficient (Wildman–Crippen LogP) is 3.61. The van der Waals surface area contributed by atoms with Gasteiger partial charge < -0.3 is 15.7 Å². The number of halogens is 4. The molecule has 0 radical (unpaired) electrons. The monoisotopic (exact) mass is 414 g/mol. The maximum absolute atomic E-state index is 13.8. The van der Waals surface area contributed by atoms with Crippen LogP contribution in [0, 0.1) is 5.92 Å². The summed E-state index contributed by atoms with van der Waals surface area (Å²) in [5.74, 6) is -2.87. The molecule has 1 aliphatic heterocycles. The van der Waals surface area contributed by atoms with Crippen molar-refractivity contribution in [1.29, 1.82) is 0 Å². The van der Waals surface area contributed by atoms with Gasteiger partial charge in [0.2, 0.25) is 5.72 Å². The molecule has 0 saturated carbocycles. The largest absolute Gasteiger partial charge is 0.437 e. The number of rotatable bonds is 3. The summed E-state index contributed by atoms with van der Waals surface area (Å²) < 4.78 is 41.5. The molecular weight excluding hydrogens is 401 g/mol. The molecule has 27 heavy (non-hydrogen) atoms. The van der Waals surface area contributed by atoms with Crippen molar-refractivity contribution in [1.82, 2.24) is 10.6 Å². The van der Waals surface area contributed by atoms with Gasteiger partial charge in [-0.05, 0) is 23.8 Å². The fraction of sp³-hybridized carbons (Fsp3) is 0.222. The molecule has 3 N–H and O–H groups in total. The molecule has 9 heteroatoms. The van der Waals surface area contributed by atoms with E-state index in [0.717, 1.165) is 0 Å². The zero-order valence-corrected chi connectivity index (χ0v) is 15.2. The van der Waals surface area contributed by atoms with Crippen LogP contribution >= 0.6 is 23.8 Å². The zero-order chi connectivity index (χ0) is 19.8. The molecule has 3 unspecified atom stereocenters. The SMILES string of the molecule is O=C(c1ccccc1)C1C(c2ccccc2Cl)NC(=S)NC1(O)C(F)(F)F. The molecule has 0 amide bonds. The van der Waals surface area contributed by atoms with Gasteiger partial charge in [-0.15, -0.1) is 0 Å². The van der Waals surface area contributed by atoms with Crippen LogP contribution in [0.1, 0.15) is 22.0 Å². The number of Topliss-reactive ketones (excluding diaryl/α,β-unsaturated/α-hetero) is 1. The molecule has 3 rings (SSSR count). The minimum Gasteiger partial charge on any atom is -0.363 e. The van der Waals surface area contributed by atoms with Crippen molar-refractivity contribution < 1.29 is 23.1 Å². The van der Waals surface area contributed by atoms with Crippen molar-refractivity contribution in [2.45, 2.75) is 17.9 Å². The first-order valence-electron chi connectivity index (χ1n) is 7.86. The molecule has 0 aliphatic carbocycles. The van der Waals surface area contributed by atoms with Crippen molar-refractivity contribution >= 4 is 34.7 Å². The van der Waals surface area contributed by atoms with Crippen molar-refractivity contribution in [3.63, 3.8) is 0 Å². The Bertz CT molecular complexity index is 878. The average molecular weight is 415 g/mol. The second kappa shape index (κ2) is 7.10. The molecule has 1 fully saturated rings. The lowest BCUT2D eigenvalue weighted by atomic mass is 9.77. The topological polar surface area (TPSA) is 61.4 Å². The highest BCUT2D eigenvalue weighted by Gasteiger charge is 2.65. The number of ketones is 1. The van der Waals surface area contributed by atoms with Crippen molar-refractivity contribution in [3.05, 3.63) is 70.7 Å². The van der Waals surface area contributed by atoms with Crippen LogP contribution in [-0.2, 0) is 0 Å². The third-order valence-electron chi connectivity index (χ3n) is 4.39. The summed E-state index contributed by atoms with van der Waals surface area (Å²) in [5, 5.41) is 14.8. The van der Waals surface area contributed by atoms with Gasteiger partial charge in [0.05, 0.1) is 6.04 Å². The third-order valence-corrected chi connectivity index (χ3v) is 4.95. The number of carbonyl (C=O) groups excluding carboxylic acids is 1. The van der Waals surface area contributed by atoms with Crippen LogP contribution < -0.4 is 10.6 Å². The van der Waals surface area contributed by atoms with Crippen molar-refractivity contribution in [3.8, 4) is 0 Å². The Morgan fingerprint density at radius 1 is 1.11 bits per heavy atom. The standard InChI is InChI=1S/C18H14ClF3N2O2S/c19-12-9-5-4-8-11(12)14-13(15(25)10-6-2-1-3-7-10)17(26,18(20,21)22)24-16(27)23-14/h1-9,13-14,26H,(H2,23,24,27). The highest BCUT2D eigenvalue weighted by atomic mass is 35.5. The highest BCUT2D eigenvalue weighted by molar-refractivity contribution is 7.80. The van der Waals surface area contributed by atoms with E-state index in [4.69, 9.17) is 23.8 Å². The second-order valence-corrected chi connectivity index (χ2v) is 6.89. The molecule has 1 saturated heterocycles. The van der Waals surface area contributed by atoms with Crippen LogP contribution in [0.15, 0.2) is 54.6 Å². The van der Waals surface area contributed by atoms with Crippen LogP contribution in [0.5, 0.6) is 0 Å². The molecule has 1 heterocycles. The first-order valence-corrected chi connectivity index (χ1v) is 8.65. The van der Waals surface area contributed by atoms with Crippen LogP contribution in [0.2, 0.25) is 5.02 Å². The summed E-state index contributed by atoms with van der Waals surface area (Å²) in [4.78, 5) is 13.0. The first kappa shape index (κ1) is 19.6. The zero-order valence-electron chi connectivity index (χ0n) is 13.6. The maximum Gasteiger partial charge on any atom is 0.437 e. The fourth-order valence-electron chi connectivity index (χ4n) is 3.11. The Morgan fingerprint density at radius 3 is 2.30 bits per heavy atom. The van der Waals surface area contributed by atoms with Crippen molar-refractivity contribution in [2.75, 3.05) is 0 Å². The molecule has 0 bridgehead atoms. The molecule has 1 aliphatic rings. The van der Waals surface area contributed by atoms with Gasteiger partial charge in [0, 0.05) is 10.6 Å². The Balaban J connectivity index is 2.19. The van der Waals surface area contributed by atoms with Crippen LogP contribution in [0.3, 0.4) is 0 Å². The summed E-state index contributed by atoms with van der Waals surface area (Å²) in [5.41, 5.74) is -3.31. The Hall–Kier alpha value is -2.16. The second-order valence-electron chi connectivity index (χ2n) is 6.07. The van der Waals surface area contributed by atoms with Gasteiger partial charge in [0.1, 0.15) is 5.92 Å². The van der Waals surface area contributed by atoms with Gasteiger partial charge >= 0.3 is 6.18 Å². The minimum absolute atomic E-state index is 0.0265. The molecular formula is C18H14ClF3N2O2S. The van der Waals surface area contributed by atoms with Gasteiger partial charge in [-0.1, -0.05) is 60.1 Å². The van der Waals surface area contributed by atoms with Gasteiger partial charge in [0.15, 0.2) is 10.9 Å².